The molecule has 3 atom stereocenters. The Morgan fingerprint density at radius 3 is 2.70 bits per heavy atom. The van der Waals surface area contributed by atoms with Gasteiger partial charge in [-0.05, 0) is 26.8 Å². The summed E-state index contributed by atoms with van der Waals surface area (Å²) in [7, 11) is 0. The average molecular weight is 284 g/mol. The van der Waals surface area contributed by atoms with Gasteiger partial charge in [0.1, 0.15) is 18.3 Å². The Balaban J connectivity index is 2.21. The topological polar surface area (TPSA) is 71.1 Å². The molecule has 0 amide bonds. The SMILES string of the molecule is CCOC(=O)C1=C[C@@H]2OC(C)(C)O[C@@H]2[C@H](OC(C)=O)C1. The summed E-state index contributed by atoms with van der Waals surface area (Å²) in [6.07, 6.45) is 0.634. The second kappa shape index (κ2) is 5.54. The molecule has 2 rings (SSSR count). The van der Waals surface area contributed by atoms with Gasteiger partial charge in [-0.1, -0.05) is 0 Å². The molecule has 0 unspecified atom stereocenters. The fourth-order valence-electron chi connectivity index (χ4n) is 2.53. The molecule has 20 heavy (non-hydrogen) atoms. The highest BCUT2D eigenvalue weighted by Crippen LogP contribution is 2.37. The van der Waals surface area contributed by atoms with Gasteiger partial charge in [-0.25, -0.2) is 4.79 Å². The van der Waals surface area contributed by atoms with Gasteiger partial charge in [-0.2, -0.15) is 0 Å². The number of carbonyl (C=O) groups excluding carboxylic acids is 2. The number of fused-ring (bicyclic) bond motifs is 1. The third kappa shape index (κ3) is 3.19. The molecule has 0 N–H and O–H groups in total. The molecule has 0 bridgehead atoms. The van der Waals surface area contributed by atoms with Crippen LogP contribution >= 0.6 is 0 Å². The highest BCUT2D eigenvalue weighted by atomic mass is 16.8. The van der Waals surface area contributed by atoms with Gasteiger partial charge in [0.25, 0.3) is 0 Å². The lowest BCUT2D eigenvalue weighted by atomic mass is 9.92. The third-order valence-corrected chi connectivity index (χ3v) is 3.17. The van der Waals surface area contributed by atoms with Crippen LogP contribution in [0.25, 0.3) is 0 Å². The van der Waals surface area contributed by atoms with Gasteiger partial charge in [-0.15, -0.1) is 0 Å². The highest BCUT2D eigenvalue weighted by molar-refractivity contribution is 5.89. The van der Waals surface area contributed by atoms with Crippen molar-refractivity contribution in [3.63, 3.8) is 0 Å². The minimum atomic E-state index is -0.770. The summed E-state index contributed by atoms with van der Waals surface area (Å²) in [6, 6.07) is 0. The predicted molar refractivity (Wildman–Crippen MR) is 68.7 cm³/mol. The minimum Gasteiger partial charge on any atom is -0.463 e. The first kappa shape index (κ1) is 15.0. The molecule has 0 saturated carbocycles. The first-order valence-corrected chi connectivity index (χ1v) is 6.73. The average Bonchev–Trinajstić information content (AvgIpc) is 2.63. The van der Waals surface area contributed by atoms with Gasteiger partial charge in [0.15, 0.2) is 5.79 Å². The van der Waals surface area contributed by atoms with E-state index in [1.54, 1.807) is 26.8 Å². The molecule has 1 saturated heterocycles. The van der Waals surface area contributed by atoms with Gasteiger partial charge in [0, 0.05) is 18.9 Å². The first-order chi connectivity index (χ1) is 9.32. The van der Waals surface area contributed by atoms with Crippen LogP contribution in [0.1, 0.15) is 34.1 Å². The molecule has 0 spiro atoms. The molecule has 1 heterocycles. The molecule has 0 aromatic heterocycles. The number of ether oxygens (including phenoxy) is 4. The second-order valence-electron chi connectivity index (χ2n) is 5.33. The van der Waals surface area contributed by atoms with Crippen LogP contribution < -0.4 is 0 Å². The molecule has 112 valence electrons. The van der Waals surface area contributed by atoms with E-state index in [1.165, 1.54) is 6.92 Å². The summed E-state index contributed by atoms with van der Waals surface area (Å²) in [6.45, 7) is 6.94. The molecule has 0 radical (unpaired) electrons. The van der Waals surface area contributed by atoms with Crippen LogP contribution in [0.5, 0.6) is 0 Å². The summed E-state index contributed by atoms with van der Waals surface area (Å²) >= 11 is 0. The monoisotopic (exact) mass is 284 g/mol. The van der Waals surface area contributed by atoms with Crippen LogP contribution in [0.4, 0.5) is 0 Å². The van der Waals surface area contributed by atoms with Gasteiger partial charge < -0.3 is 18.9 Å². The standard InChI is InChI=1S/C14H20O6/c1-5-17-13(16)9-6-10(18-8(2)15)12-11(7-9)19-14(3,4)20-12/h7,10-12H,5-6H2,1-4H3/t10-,11+,12-/m1/s1. The van der Waals surface area contributed by atoms with Crippen LogP contribution in [0.15, 0.2) is 11.6 Å². The van der Waals surface area contributed by atoms with E-state index in [9.17, 15) is 9.59 Å². The van der Waals surface area contributed by atoms with Gasteiger partial charge >= 0.3 is 11.9 Å². The Hall–Kier alpha value is -1.40. The molecule has 1 aliphatic carbocycles. The number of esters is 2. The van der Waals surface area contributed by atoms with Crippen molar-refractivity contribution in [2.75, 3.05) is 6.61 Å². The van der Waals surface area contributed by atoms with Gasteiger partial charge in [0.05, 0.1) is 6.61 Å². The zero-order valence-electron chi connectivity index (χ0n) is 12.2. The summed E-state index contributed by atoms with van der Waals surface area (Å²) in [4.78, 5) is 23.1. The maximum Gasteiger partial charge on any atom is 0.333 e. The number of hydrogen-bond donors (Lipinski definition) is 0. The van der Waals surface area contributed by atoms with E-state index >= 15 is 0 Å². The summed E-state index contributed by atoms with van der Waals surface area (Å²) in [5.41, 5.74) is 0.459. The fourth-order valence-corrected chi connectivity index (χ4v) is 2.53. The van der Waals surface area contributed by atoms with Crippen molar-refractivity contribution in [2.24, 2.45) is 0 Å². The van der Waals surface area contributed by atoms with E-state index in [1.807, 2.05) is 0 Å². The van der Waals surface area contributed by atoms with Gasteiger partial charge in [0.2, 0.25) is 0 Å². The van der Waals surface area contributed by atoms with Crippen molar-refractivity contribution in [1.82, 2.24) is 0 Å². The van der Waals surface area contributed by atoms with E-state index in [0.29, 0.717) is 12.2 Å². The Kier molecular flexibility index (Phi) is 4.15. The zero-order chi connectivity index (χ0) is 14.9. The van der Waals surface area contributed by atoms with Crippen molar-refractivity contribution < 1.29 is 28.5 Å². The van der Waals surface area contributed by atoms with Crippen LogP contribution in [-0.4, -0.2) is 42.6 Å². The number of carbonyl (C=O) groups is 2. The minimum absolute atomic E-state index is 0.277. The quantitative estimate of drug-likeness (QED) is 0.728. The molecule has 1 aliphatic heterocycles. The summed E-state index contributed by atoms with van der Waals surface area (Å²) < 4.78 is 21.7. The summed E-state index contributed by atoms with van der Waals surface area (Å²) in [5, 5.41) is 0. The Bertz CT molecular complexity index is 439. The maximum absolute atomic E-state index is 11.9. The molecule has 6 heteroatoms. The molecule has 1 fully saturated rings. The lowest BCUT2D eigenvalue weighted by molar-refractivity contribution is -0.169. The zero-order valence-corrected chi connectivity index (χ0v) is 12.2. The van der Waals surface area contributed by atoms with Crippen molar-refractivity contribution >= 4 is 11.9 Å². The Labute approximate surface area is 118 Å². The molecule has 2 aliphatic rings. The van der Waals surface area contributed by atoms with Crippen LogP contribution in [0, 0.1) is 0 Å². The smallest absolute Gasteiger partial charge is 0.333 e. The highest BCUT2D eigenvalue weighted by Gasteiger charge is 2.48. The van der Waals surface area contributed by atoms with Crippen LogP contribution in [0.2, 0.25) is 0 Å². The molecule has 0 aromatic carbocycles. The number of hydrogen-bond acceptors (Lipinski definition) is 6. The third-order valence-electron chi connectivity index (χ3n) is 3.17. The van der Waals surface area contributed by atoms with Gasteiger partial charge in [-0.3, -0.25) is 4.79 Å². The van der Waals surface area contributed by atoms with Crippen molar-refractivity contribution in [3.8, 4) is 0 Å². The van der Waals surface area contributed by atoms with Crippen LogP contribution in [0.3, 0.4) is 0 Å². The molecule has 0 aromatic rings. The maximum atomic E-state index is 11.9. The lowest BCUT2D eigenvalue weighted by Crippen LogP contribution is -2.42. The van der Waals surface area contributed by atoms with E-state index < -0.39 is 36.0 Å². The lowest BCUT2D eigenvalue weighted by Gasteiger charge is -2.29. The molecular formula is C14H20O6. The van der Waals surface area contributed by atoms with Crippen molar-refractivity contribution in [3.05, 3.63) is 11.6 Å². The number of rotatable bonds is 3. The first-order valence-electron chi connectivity index (χ1n) is 6.73. The predicted octanol–water partition coefficient (Wildman–Crippen LogP) is 1.33. The van der Waals surface area contributed by atoms with Crippen molar-refractivity contribution in [2.45, 2.75) is 58.2 Å². The normalized spacial score (nSPS) is 31.2. The largest absolute Gasteiger partial charge is 0.463 e. The van der Waals surface area contributed by atoms with Crippen molar-refractivity contribution in [1.29, 1.82) is 0 Å². The van der Waals surface area contributed by atoms with E-state index in [2.05, 4.69) is 0 Å². The summed E-state index contributed by atoms with van der Waals surface area (Å²) in [5.74, 6) is -1.59. The van der Waals surface area contributed by atoms with Crippen LogP contribution in [-0.2, 0) is 28.5 Å². The van der Waals surface area contributed by atoms with E-state index in [0.717, 1.165) is 0 Å². The molecule has 6 nitrogen and oxygen atoms in total. The van der Waals surface area contributed by atoms with E-state index in [-0.39, 0.29) is 6.42 Å². The Morgan fingerprint density at radius 2 is 2.10 bits per heavy atom. The van der Waals surface area contributed by atoms with E-state index in [4.69, 9.17) is 18.9 Å². The fraction of sp³-hybridized carbons (Fsp3) is 0.714. The Morgan fingerprint density at radius 1 is 1.40 bits per heavy atom. The molecular weight excluding hydrogens is 264 g/mol. The second-order valence-corrected chi connectivity index (χ2v) is 5.33.